The van der Waals surface area contributed by atoms with Crippen molar-refractivity contribution in [3.05, 3.63) is 0 Å². The highest BCUT2D eigenvalue weighted by atomic mass is 16.5. The van der Waals surface area contributed by atoms with Gasteiger partial charge in [-0.1, -0.05) is 33.1 Å². The highest BCUT2D eigenvalue weighted by Gasteiger charge is 2.13. The zero-order valence-corrected chi connectivity index (χ0v) is 12.0. The quantitative estimate of drug-likeness (QED) is 0.483. The van der Waals surface area contributed by atoms with Gasteiger partial charge in [-0.2, -0.15) is 0 Å². The molecule has 108 valence electrons. The SMILES string of the molecule is CCCCCCC=O.CCOCC(CC)C(=O)O. The van der Waals surface area contributed by atoms with Crippen molar-refractivity contribution >= 4 is 12.3 Å². The fourth-order valence-electron chi connectivity index (χ4n) is 1.28. The molecule has 4 heteroatoms. The van der Waals surface area contributed by atoms with Crippen LogP contribution in [0.4, 0.5) is 0 Å². The van der Waals surface area contributed by atoms with Crippen LogP contribution in [0.3, 0.4) is 0 Å². The summed E-state index contributed by atoms with van der Waals surface area (Å²) in [5.41, 5.74) is 0. The molecule has 0 saturated carbocycles. The van der Waals surface area contributed by atoms with Gasteiger partial charge in [-0.15, -0.1) is 0 Å². The van der Waals surface area contributed by atoms with Gasteiger partial charge in [-0.3, -0.25) is 4.79 Å². The number of aliphatic carboxylic acids is 1. The molecule has 0 rings (SSSR count). The Morgan fingerprint density at radius 3 is 2.28 bits per heavy atom. The fraction of sp³-hybridized carbons (Fsp3) is 0.857. The summed E-state index contributed by atoms with van der Waals surface area (Å²) < 4.78 is 4.97. The molecule has 0 spiro atoms. The zero-order chi connectivity index (χ0) is 14.2. The topological polar surface area (TPSA) is 63.6 Å². The van der Waals surface area contributed by atoms with E-state index in [1.54, 1.807) is 0 Å². The molecule has 0 aliphatic rings. The lowest BCUT2D eigenvalue weighted by molar-refractivity contribution is -0.143. The van der Waals surface area contributed by atoms with E-state index in [0.717, 1.165) is 19.1 Å². The largest absolute Gasteiger partial charge is 0.481 e. The molecule has 1 unspecified atom stereocenters. The monoisotopic (exact) mass is 260 g/mol. The lowest BCUT2D eigenvalue weighted by Gasteiger charge is -2.07. The zero-order valence-electron chi connectivity index (χ0n) is 12.0. The van der Waals surface area contributed by atoms with Crippen molar-refractivity contribution in [3.63, 3.8) is 0 Å². The first kappa shape index (κ1) is 19.4. The third-order valence-electron chi connectivity index (χ3n) is 2.54. The van der Waals surface area contributed by atoms with Crippen LogP contribution < -0.4 is 0 Å². The lowest BCUT2D eigenvalue weighted by atomic mass is 10.1. The maximum atomic E-state index is 10.4. The first-order chi connectivity index (χ1) is 8.63. The van der Waals surface area contributed by atoms with Gasteiger partial charge >= 0.3 is 5.97 Å². The number of aldehydes is 1. The summed E-state index contributed by atoms with van der Waals surface area (Å²) in [6.45, 7) is 6.79. The number of carbonyl (C=O) groups excluding carboxylic acids is 1. The number of hydrogen-bond donors (Lipinski definition) is 1. The minimum Gasteiger partial charge on any atom is -0.481 e. The van der Waals surface area contributed by atoms with Crippen LogP contribution in [0, 0.1) is 5.92 Å². The molecular formula is C14H28O4. The van der Waals surface area contributed by atoms with Crippen molar-refractivity contribution in [2.45, 2.75) is 59.3 Å². The maximum Gasteiger partial charge on any atom is 0.308 e. The summed E-state index contributed by atoms with van der Waals surface area (Å²) in [4.78, 5) is 20.1. The van der Waals surface area contributed by atoms with Crippen molar-refractivity contribution in [3.8, 4) is 0 Å². The molecule has 0 aromatic rings. The maximum absolute atomic E-state index is 10.4. The van der Waals surface area contributed by atoms with Crippen LogP contribution >= 0.6 is 0 Å². The number of ether oxygens (including phenoxy) is 1. The number of hydrogen-bond acceptors (Lipinski definition) is 3. The second-order valence-corrected chi connectivity index (χ2v) is 4.12. The minimum absolute atomic E-state index is 0.333. The third kappa shape index (κ3) is 15.1. The van der Waals surface area contributed by atoms with Crippen LogP contribution in [-0.2, 0) is 14.3 Å². The van der Waals surface area contributed by atoms with Gasteiger partial charge in [0.15, 0.2) is 0 Å². The summed E-state index contributed by atoms with van der Waals surface area (Å²) in [6, 6.07) is 0. The average Bonchev–Trinajstić information content (AvgIpc) is 2.36. The summed E-state index contributed by atoms with van der Waals surface area (Å²) in [5.74, 6) is -1.10. The van der Waals surface area contributed by atoms with Gasteiger partial charge < -0.3 is 14.6 Å². The summed E-state index contributed by atoms with van der Waals surface area (Å²) in [7, 11) is 0. The van der Waals surface area contributed by atoms with Gasteiger partial charge in [0.2, 0.25) is 0 Å². The minimum atomic E-state index is -0.768. The van der Waals surface area contributed by atoms with Gasteiger partial charge in [0.25, 0.3) is 0 Å². The average molecular weight is 260 g/mol. The molecular weight excluding hydrogens is 232 g/mol. The number of carboxylic acid groups (broad SMARTS) is 1. The van der Waals surface area contributed by atoms with Crippen LogP contribution in [0.1, 0.15) is 59.3 Å². The Bertz CT molecular complexity index is 192. The Hall–Kier alpha value is -0.900. The molecule has 0 radical (unpaired) electrons. The highest BCUT2D eigenvalue weighted by Crippen LogP contribution is 2.02. The summed E-state index contributed by atoms with van der Waals surface area (Å²) >= 11 is 0. The lowest BCUT2D eigenvalue weighted by Crippen LogP contribution is -2.18. The highest BCUT2D eigenvalue weighted by molar-refractivity contribution is 5.69. The van der Waals surface area contributed by atoms with Gasteiger partial charge in [-0.25, -0.2) is 0 Å². The Morgan fingerprint density at radius 1 is 1.22 bits per heavy atom. The number of unbranched alkanes of at least 4 members (excludes halogenated alkanes) is 4. The standard InChI is InChI=1S/C7H14O3.C7H14O/c1-3-6(7(8)9)5-10-4-2;1-2-3-4-5-6-7-8/h6H,3-5H2,1-2H3,(H,8,9);7H,2-6H2,1H3. The molecule has 0 aromatic carbocycles. The van der Waals surface area contributed by atoms with E-state index >= 15 is 0 Å². The van der Waals surface area contributed by atoms with E-state index in [4.69, 9.17) is 9.84 Å². The third-order valence-corrected chi connectivity index (χ3v) is 2.54. The van der Waals surface area contributed by atoms with Crippen molar-refractivity contribution < 1.29 is 19.4 Å². The van der Waals surface area contributed by atoms with Crippen molar-refractivity contribution in [2.75, 3.05) is 13.2 Å². The van der Waals surface area contributed by atoms with Crippen molar-refractivity contribution in [1.82, 2.24) is 0 Å². The van der Waals surface area contributed by atoms with Gasteiger partial charge in [0.1, 0.15) is 6.29 Å². The Labute approximate surface area is 111 Å². The molecule has 0 aliphatic carbocycles. The van der Waals surface area contributed by atoms with E-state index in [-0.39, 0.29) is 5.92 Å². The van der Waals surface area contributed by atoms with Crippen LogP contribution in [0.2, 0.25) is 0 Å². The van der Waals surface area contributed by atoms with E-state index < -0.39 is 5.97 Å². The molecule has 0 amide bonds. The summed E-state index contributed by atoms with van der Waals surface area (Å²) in [6.07, 6.45) is 7.20. The van der Waals surface area contributed by atoms with E-state index in [2.05, 4.69) is 6.92 Å². The number of carbonyl (C=O) groups is 2. The van der Waals surface area contributed by atoms with E-state index in [9.17, 15) is 9.59 Å². The van der Waals surface area contributed by atoms with E-state index in [1.165, 1.54) is 19.3 Å². The second-order valence-electron chi connectivity index (χ2n) is 4.12. The second kappa shape index (κ2) is 16.1. The Kier molecular flexibility index (Phi) is 17.4. The van der Waals surface area contributed by atoms with E-state index in [0.29, 0.717) is 19.6 Å². The van der Waals surface area contributed by atoms with Crippen LogP contribution in [0.5, 0.6) is 0 Å². The molecule has 0 bridgehead atoms. The molecule has 0 aromatic heterocycles. The molecule has 0 aliphatic heterocycles. The van der Waals surface area contributed by atoms with Crippen molar-refractivity contribution in [2.24, 2.45) is 5.92 Å². The fourth-order valence-corrected chi connectivity index (χ4v) is 1.28. The first-order valence-electron chi connectivity index (χ1n) is 6.88. The van der Waals surface area contributed by atoms with Gasteiger partial charge in [-0.05, 0) is 19.8 Å². The number of carboxylic acids is 1. The molecule has 4 nitrogen and oxygen atoms in total. The first-order valence-corrected chi connectivity index (χ1v) is 6.88. The molecule has 18 heavy (non-hydrogen) atoms. The normalized spacial score (nSPS) is 11.3. The van der Waals surface area contributed by atoms with Crippen LogP contribution in [0.15, 0.2) is 0 Å². The predicted octanol–water partition coefficient (Wildman–Crippen LogP) is 3.29. The van der Waals surface area contributed by atoms with Crippen LogP contribution in [-0.4, -0.2) is 30.6 Å². The smallest absolute Gasteiger partial charge is 0.308 e. The number of rotatable bonds is 10. The Balaban J connectivity index is 0. The molecule has 1 atom stereocenters. The van der Waals surface area contributed by atoms with Crippen LogP contribution in [0.25, 0.3) is 0 Å². The molecule has 0 saturated heterocycles. The van der Waals surface area contributed by atoms with Gasteiger partial charge in [0, 0.05) is 13.0 Å². The van der Waals surface area contributed by atoms with E-state index in [1.807, 2.05) is 13.8 Å². The molecule has 0 fully saturated rings. The van der Waals surface area contributed by atoms with Gasteiger partial charge in [0.05, 0.1) is 12.5 Å². The summed E-state index contributed by atoms with van der Waals surface area (Å²) in [5, 5.41) is 8.52. The molecule has 0 heterocycles. The Morgan fingerprint density at radius 2 is 1.89 bits per heavy atom. The van der Waals surface area contributed by atoms with Crippen molar-refractivity contribution in [1.29, 1.82) is 0 Å². The predicted molar refractivity (Wildman–Crippen MR) is 72.7 cm³/mol. The molecule has 1 N–H and O–H groups in total.